The number of H-pyrrole nitrogens is 1. The van der Waals surface area contributed by atoms with Crippen LogP contribution in [-0.2, 0) is 24.4 Å². The molecule has 6 rings (SSSR count). The van der Waals surface area contributed by atoms with Crippen molar-refractivity contribution in [3.63, 3.8) is 0 Å². The van der Waals surface area contributed by atoms with E-state index in [-0.39, 0.29) is 17.9 Å². The average molecular weight is 611 g/mol. The van der Waals surface area contributed by atoms with Crippen molar-refractivity contribution in [2.24, 2.45) is 7.05 Å². The second-order valence-electron chi connectivity index (χ2n) is 10.9. The average Bonchev–Trinajstić information content (AvgIpc) is 3.41. The molecule has 0 aliphatic carbocycles. The fraction of sp³-hybridized carbons (Fsp3) is 0.167. The van der Waals surface area contributed by atoms with Crippen LogP contribution in [0.2, 0.25) is 0 Å². The van der Waals surface area contributed by atoms with Crippen molar-refractivity contribution in [2.45, 2.75) is 24.9 Å². The molecular formula is C36H29F3N2O4. The second kappa shape index (κ2) is 12.0. The first-order valence-corrected chi connectivity index (χ1v) is 14.4. The van der Waals surface area contributed by atoms with E-state index in [4.69, 9.17) is 4.74 Å². The van der Waals surface area contributed by atoms with E-state index in [9.17, 15) is 27.9 Å². The van der Waals surface area contributed by atoms with E-state index in [1.165, 1.54) is 16.7 Å². The molecular weight excluding hydrogens is 581 g/mol. The van der Waals surface area contributed by atoms with Crippen LogP contribution in [0.4, 0.5) is 13.2 Å². The summed E-state index contributed by atoms with van der Waals surface area (Å²) in [7, 11) is 1.60. The number of aromatic nitrogens is 2. The Morgan fingerprint density at radius 3 is 2.24 bits per heavy atom. The van der Waals surface area contributed by atoms with Crippen LogP contribution in [0.5, 0.6) is 5.75 Å². The Morgan fingerprint density at radius 2 is 1.53 bits per heavy atom. The number of nitrogens with zero attached hydrogens (tertiary/aromatic N) is 1. The molecule has 1 atom stereocenters. The van der Waals surface area contributed by atoms with E-state index in [0.717, 1.165) is 28.6 Å². The highest BCUT2D eigenvalue weighted by Crippen LogP contribution is 2.42. The number of carbonyl (C=O) groups excluding carboxylic acids is 1. The molecule has 4 aromatic carbocycles. The number of fused-ring (bicyclic) bond motifs is 2. The summed E-state index contributed by atoms with van der Waals surface area (Å²) in [6.45, 7) is 0.126. The maximum Gasteiger partial charge on any atom is 0.416 e. The number of ether oxygens (including phenoxy) is 1. The predicted molar refractivity (Wildman–Crippen MR) is 167 cm³/mol. The number of nitrogens with one attached hydrogen (secondary N) is 1. The molecule has 0 amide bonds. The molecule has 0 saturated carbocycles. The number of halogens is 3. The molecule has 2 N–H and O–H groups in total. The Bertz CT molecular complexity index is 2060. The first-order chi connectivity index (χ1) is 21.6. The summed E-state index contributed by atoms with van der Waals surface area (Å²) in [5, 5.41) is 12.9. The van der Waals surface area contributed by atoms with Crippen LogP contribution < -0.4 is 5.56 Å². The Labute approximate surface area is 256 Å². The molecule has 0 spiro atoms. The first-order valence-electron chi connectivity index (χ1n) is 14.4. The molecule has 6 aromatic rings. The minimum absolute atomic E-state index is 0.0410. The number of benzene rings is 4. The van der Waals surface area contributed by atoms with Gasteiger partial charge < -0.3 is 19.4 Å². The lowest BCUT2D eigenvalue weighted by Crippen LogP contribution is -2.25. The lowest BCUT2D eigenvalue weighted by atomic mass is 9.84. The number of rotatable bonds is 8. The first kappa shape index (κ1) is 29.7. The lowest BCUT2D eigenvalue weighted by Gasteiger charge is -2.22. The van der Waals surface area contributed by atoms with Crippen LogP contribution in [0.25, 0.3) is 21.8 Å². The Morgan fingerprint density at radius 1 is 0.889 bits per heavy atom. The number of hydrogen-bond donors (Lipinski definition) is 2. The quantitative estimate of drug-likeness (QED) is 0.137. The number of aryl methyl sites for hydroxylation is 2. The van der Waals surface area contributed by atoms with Gasteiger partial charge in [-0.3, -0.25) is 4.79 Å². The molecule has 2 aromatic heterocycles. The molecule has 6 nitrogen and oxygen atoms in total. The van der Waals surface area contributed by atoms with Crippen molar-refractivity contribution < 1.29 is 27.8 Å². The summed E-state index contributed by atoms with van der Waals surface area (Å²) in [4.78, 5) is 29.9. The van der Waals surface area contributed by atoms with Gasteiger partial charge in [-0.2, -0.15) is 13.2 Å². The Balaban J connectivity index is 1.48. The molecule has 0 aliphatic heterocycles. The van der Waals surface area contributed by atoms with Crippen molar-refractivity contribution in [2.75, 3.05) is 6.61 Å². The van der Waals surface area contributed by atoms with Gasteiger partial charge in [0, 0.05) is 29.0 Å². The molecule has 0 radical (unpaired) electrons. The fourth-order valence-corrected chi connectivity index (χ4v) is 5.91. The summed E-state index contributed by atoms with van der Waals surface area (Å²) >= 11 is 0. The molecule has 228 valence electrons. The maximum absolute atomic E-state index is 14.0. The molecule has 0 saturated heterocycles. The largest absolute Gasteiger partial charge is 0.507 e. The highest BCUT2D eigenvalue weighted by Gasteiger charge is 2.33. The van der Waals surface area contributed by atoms with Gasteiger partial charge in [-0.1, -0.05) is 60.7 Å². The van der Waals surface area contributed by atoms with E-state index in [0.29, 0.717) is 40.6 Å². The van der Waals surface area contributed by atoms with Crippen molar-refractivity contribution in [3.05, 3.63) is 147 Å². The van der Waals surface area contributed by atoms with Crippen LogP contribution in [0, 0.1) is 0 Å². The van der Waals surface area contributed by atoms with Gasteiger partial charge in [-0.05, 0) is 66.4 Å². The standard InChI is InChI=1S/C36H29F3N2O4/c1-41-29-16-8-6-13-27(29)33(42)31(34(41)43)30(22-17-19-24(20-18-22)36(37,38)39)32-26(25-12-5-7-15-28(25)40-32)14-9-21-45-35(44)23-10-3-2-4-11-23/h2-8,10-13,15-20,30,40,42H,9,14,21H2,1H3. The minimum Gasteiger partial charge on any atom is -0.507 e. The number of aromatic hydroxyl groups is 1. The van der Waals surface area contributed by atoms with Gasteiger partial charge in [0.2, 0.25) is 0 Å². The minimum atomic E-state index is -4.54. The molecule has 2 heterocycles. The number of hydrogen-bond acceptors (Lipinski definition) is 4. The molecule has 0 aliphatic rings. The zero-order valence-electron chi connectivity index (χ0n) is 24.3. The van der Waals surface area contributed by atoms with Crippen LogP contribution in [0.1, 0.15) is 50.6 Å². The normalized spacial score (nSPS) is 12.4. The van der Waals surface area contributed by atoms with Gasteiger partial charge in [0.15, 0.2) is 0 Å². The van der Waals surface area contributed by atoms with Crippen LogP contribution >= 0.6 is 0 Å². The van der Waals surface area contributed by atoms with Gasteiger partial charge in [0.25, 0.3) is 5.56 Å². The third-order valence-corrected chi connectivity index (χ3v) is 8.12. The Hall–Kier alpha value is -5.31. The maximum atomic E-state index is 14.0. The van der Waals surface area contributed by atoms with Crippen LogP contribution in [0.15, 0.2) is 108 Å². The van der Waals surface area contributed by atoms with E-state index in [1.54, 1.807) is 55.6 Å². The van der Waals surface area contributed by atoms with E-state index in [1.807, 2.05) is 30.3 Å². The topological polar surface area (TPSA) is 84.3 Å². The SMILES string of the molecule is Cn1c(=O)c(C(c2ccc(C(F)(F)F)cc2)c2[nH]c3ccccc3c2CCCOC(=O)c2ccccc2)c(O)c2ccccc21. The van der Waals surface area contributed by atoms with Crippen molar-refractivity contribution in [1.29, 1.82) is 0 Å². The number of pyridine rings is 1. The van der Waals surface area contributed by atoms with Gasteiger partial charge >= 0.3 is 12.1 Å². The third kappa shape index (κ3) is 5.69. The summed E-state index contributed by atoms with van der Waals surface area (Å²) in [6.07, 6.45) is -3.68. The predicted octanol–water partition coefficient (Wildman–Crippen LogP) is 7.71. The highest BCUT2D eigenvalue weighted by atomic mass is 19.4. The van der Waals surface area contributed by atoms with Gasteiger partial charge in [-0.25, -0.2) is 4.79 Å². The molecule has 1 unspecified atom stereocenters. The van der Waals surface area contributed by atoms with Gasteiger partial charge in [0.05, 0.1) is 34.7 Å². The lowest BCUT2D eigenvalue weighted by molar-refractivity contribution is -0.137. The number of esters is 1. The van der Waals surface area contributed by atoms with Crippen molar-refractivity contribution in [3.8, 4) is 5.75 Å². The monoisotopic (exact) mass is 610 g/mol. The van der Waals surface area contributed by atoms with Crippen molar-refractivity contribution >= 4 is 27.8 Å². The molecule has 45 heavy (non-hydrogen) atoms. The van der Waals surface area contributed by atoms with E-state index < -0.39 is 29.2 Å². The zero-order chi connectivity index (χ0) is 31.7. The van der Waals surface area contributed by atoms with E-state index in [2.05, 4.69) is 4.98 Å². The summed E-state index contributed by atoms with van der Waals surface area (Å²) in [6, 6.07) is 27.8. The molecule has 0 fully saturated rings. The third-order valence-electron chi connectivity index (χ3n) is 8.12. The summed E-state index contributed by atoms with van der Waals surface area (Å²) < 4.78 is 47.5. The number of carbonyl (C=O) groups is 1. The van der Waals surface area contributed by atoms with Crippen LogP contribution in [-0.4, -0.2) is 27.2 Å². The number of para-hydroxylation sites is 2. The van der Waals surface area contributed by atoms with Crippen LogP contribution in [0.3, 0.4) is 0 Å². The molecule has 9 heteroatoms. The summed E-state index contributed by atoms with van der Waals surface area (Å²) in [5.74, 6) is -1.62. The highest BCUT2D eigenvalue weighted by molar-refractivity contribution is 5.90. The fourth-order valence-electron chi connectivity index (χ4n) is 5.91. The molecule has 0 bridgehead atoms. The number of alkyl halides is 3. The number of aromatic amines is 1. The smallest absolute Gasteiger partial charge is 0.416 e. The zero-order valence-corrected chi connectivity index (χ0v) is 24.3. The summed E-state index contributed by atoms with van der Waals surface area (Å²) in [5.41, 5.74) is 2.23. The second-order valence-corrected chi connectivity index (χ2v) is 10.9. The van der Waals surface area contributed by atoms with E-state index >= 15 is 0 Å². The van der Waals surface area contributed by atoms with Crippen molar-refractivity contribution in [1.82, 2.24) is 9.55 Å². The Kier molecular flexibility index (Phi) is 7.93. The van der Waals surface area contributed by atoms with Gasteiger partial charge in [0.1, 0.15) is 5.75 Å². The van der Waals surface area contributed by atoms with Gasteiger partial charge in [-0.15, -0.1) is 0 Å².